The van der Waals surface area contributed by atoms with E-state index >= 15 is 0 Å². The zero-order valence-corrected chi connectivity index (χ0v) is 20.0. The lowest BCUT2D eigenvalue weighted by atomic mass is 10.0. The largest absolute Gasteiger partial charge is 0.494 e. The van der Waals surface area contributed by atoms with E-state index in [1.165, 1.54) is 12.1 Å². The number of amides is 2. The first-order chi connectivity index (χ1) is 16.7. The number of rotatable bonds is 4. The van der Waals surface area contributed by atoms with Crippen LogP contribution in [-0.4, -0.2) is 28.7 Å². The molecule has 4 aromatic rings. The highest BCUT2D eigenvalue weighted by Gasteiger charge is 2.25. The Morgan fingerprint density at radius 2 is 1.97 bits per heavy atom. The van der Waals surface area contributed by atoms with Gasteiger partial charge in [-0.1, -0.05) is 11.6 Å². The van der Waals surface area contributed by atoms with E-state index in [-0.39, 0.29) is 5.02 Å². The highest BCUT2D eigenvalue weighted by molar-refractivity contribution is 6.31. The maximum atomic E-state index is 13.5. The first kappa shape index (κ1) is 22.7. The number of fused-ring (bicyclic) bond motifs is 2. The fourth-order valence-corrected chi connectivity index (χ4v) is 4.08. The molecule has 5 rings (SSSR count). The van der Waals surface area contributed by atoms with Gasteiger partial charge in [-0.05, 0) is 74.5 Å². The number of methoxy groups -OCH3 is 1. The normalized spacial score (nSPS) is 13.7. The van der Waals surface area contributed by atoms with Crippen molar-refractivity contribution in [2.45, 2.75) is 19.4 Å². The molecule has 0 bridgehead atoms. The van der Waals surface area contributed by atoms with E-state index in [4.69, 9.17) is 21.1 Å². The maximum Gasteiger partial charge on any atom is 0.323 e. The number of anilines is 2. The van der Waals surface area contributed by atoms with E-state index in [1.54, 1.807) is 43.5 Å². The highest BCUT2D eigenvalue weighted by atomic mass is 35.5. The van der Waals surface area contributed by atoms with E-state index in [0.717, 1.165) is 11.1 Å². The molecule has 0 fully saturated rings. The molecule has 0 aliphatic carbocycles. The number of imidazole rings is 1. The van der Waals surface area contributed by atoms with Crippen LogP contribution in [0.25, 0.3) is 28.5 Å². The molecule has 1 aromatic heterocycles. The number of aromatic nitrogens is 2. The lowest BCUT2D eigenvalue weighted by Crippen LogP contribution is -2.27. The minimum atomic E-state index is -0.494. The molecule has 0 spiro atoms. The van der Waals surface area contributed by atoms with E-state index < -0.39 is 17.4 Å². The molecule has 0 unspecified atom stereocenters. The van der Waals surface area contributed by atoms with Gasteiger partial charge in [0, 0.05) is 11.3 Å². The minimum Gasteiger partial charge on any atom is -0.494 e. The summed E-state index contributed by atoms with van der Waals surface area (Å²) >= 11 is 5.89. The molecule has 0 atom stereocenters. The Morgan fingerprint density at radius 1 is 1.14 bits per heavy atom. The molecule has 178 valence electrons. The summed E-state index contributed by atoms with van der Waals surface area (Å²) in [7, 11) is 1.55. The SMILES string of the molecule is COc1c(NC(=O)Nc2ccc3[nH]c(-c4ccc(F)c(Cl)c4)nc3c2)ccc2c1C=CC(C)(C)O2. The molecule has 2 amide bonds. The van der Waals surface area contributed by atoms with Gasteiger partial charge in [-0.15, -0.1) is 0 Å². The van der Waals surface area contributed by atoms with Crippen LogP contribution >= 0.6 is 11.6 Å². The van der Waals surface area contributed by atoms with E-state index in [2.05, 4.69) is 20.6 Å². The number of hydrogen-bond donors (Lipinski definition) is 3. The van der Waals surface area contributed by atoms with Gasteiger partial charge >= 0.3 is 6.03 Å². The standard InChI is InChI=1S/C26H22ClFN4O3/c1-26(2)11-10-16-22(35-26)9-8-20(23(16)34-3)32-25(33)29-15-5-7-19-21(13-15)31-24(30-19)14-4-6-18(28)17(27)12-14/h4-13H,1-3H3,(H,30,31)(H2,29,32,33). The Labute approximate surface area is 205 Å². The number of nitrogens with one attached hydrogen (secondary N) is 3. The fraction of sp³-hybridized carbons (Fsp3) is 0.154. The lowest BCUT2D eigenvalue weighted by Gasteiger charge is -2.29. The summed E-state index contributed by atoms with van der Waals surface area (Å²) in [6, 6.07) is 12.8. The predicted molar refractivity (Wildman–Crippen MR) is 136 cm³/mol. The third-order valence-electron chi connectivity index (χ3n) is 5.57. The molecule has 0 radical (unpaired) electrons. The second-order valence-electron chi connectivity index (χ2n) is 8.62. The molecule has 1 aliphatic rings. The van der Waals surface area contributed by atoms with Crippen molar-refractivity contribution in [1.82, 2.24) is 9.97 Å². The van der Waals surface area contributed by atoms with Crippen molar-refractivity contribution in [2.75, 3.05) is 17.7 Å². The van der Waals surface area contributed by atoms with Crippen molar-refractivity contribution in [3.8, 4) is 22.9 Å². The van der Waals surface area contributed by atoms with Crippen molar-refractivity contribution >= 4 is 46.1 Å². The Balaban J connectivity index is 1.35. The summed E-state index contributed by atoms with van der Waals surface area (Å²) < 4.78 is 25.0. The van der Waals surface area contributed by atoms with E-state index in [0.29, 0.717) is 39.8 Å². The van der Waals surface area contributed by atoms with Gasteiger partial charge in [0.25, 0.3) is 0 Å². The summed E-state index contributed by atoms with van der Waals surface area (Å²) in [5.41, 5.74) is 3.45. The molecular formula is C26H22ClFN4O3. The number of carbonyl (C=O) groups is 1. The number of hydrogen-bond acceptors (Lipinski definition) is 4. The average molecular weight is 493 g/mol. The average Bonchev–Trinajstić information content (AvgIpc) is 3.23. The lowest BCUT2D eigenvalue weighted by molar-refractivity contribution is 0.158. The summed E-state index contributed by atoms with van der Waals surface area (Å²) in [5, 5.41) is 5.66. The van der Waals surface area contributed by atoms with Crippen LogP contribution in [-0.2, 0) is 0 Å². The fourth-order valence-electron chi connectivity index (χ4n) is 3.90. The van der Waals surface area contributed by atoms with E-state index in [9.17, 15) is 9.18 Å². The number of H-pyrrole nitrogens is 1. The molecule has 3 aromatic carbocycles. The van der Waals surface area contributed by atoms with Crippen LogP contribution in [0.4, 0.5) is 20.6 Å². The van der Waals surface area contributed by atoms with Crippen LogP contribution in [0.1, 0.15) is 19.4 Å². The number of aromatic amines is 1. The van der Waals surface area contributed by atoms with Gasteiger partial charge in [-0.3, -0.25) is 0 Å². The second kappa shape index (κ2) is 8.63. The molecule has 1 aliphatic heterocycles. The number of ether oxygens (including phenoxy) is 2. The predicted octanol–water partition coefficient (Wildman–Crippen LogP) is 6.86. The monoisotopic (exact) mass is 492 g/mol. The molecule has 0 saturated heterocycles. The molecule has 3 N–H and O–H groups in total. The Kier molecular flexibility index (Phi) is 5.61. The van der Waals surface area contributed by atoms with Gasteiger partial charge in [0.15, 0.2) is 5.75 Å². The second-order valence-corrected chi connectivity index (χ2v) is 9.03. The van der Waals surface area contributed by atoms with Gasteiger partial charge in [0.2, 0.25) is 0 Å². The van der Waals surface area contributed by atoms with Crippen molar-refractivity contribution in [3.63, 3.8) is 0 Å². The number of benzene rings is 3. The van der Waals surface area contributed by atoms with Gasteiger partial charge < -0.3 is 25.1 Å². The molecule has 35 heavy (non-hydrogen) atoms. The van der Waals surface area contributed by atoms with Crippen LogP contribution in [0.5, 0.6) is 11.5 Å². The Morgan fingerprint density at radius 3 is 2.74 bits per heavy atom. The summed E-state index contributed by atoms with van der Waals surface area (Å²) in [6.07, 6.45) is 3.87. The van der Waals surface area contributed by atoms with Crippen LogP contribution in [0.15, 0.2) is 54.6 Å². The minimum absolute atomic E-state index is 0.0188. The molecule has 2 heterocycles. The Hall–Kier alpha value is -4.04. The third kappa shape index (κ3) is 4.52. The van der Waals surface area contributed by atoms with Crippen molar-refractivity contribution in [2.24, 2.45) is 0 Å². The number of nitrogens with zero attached hydrogens (tertiary/aromatic N) is 1. The summed E-state index contributed by atoms with van der Waals surface area (Å²) in [4.78, 5) is 20.5. The quantitative estimate of drug-likeness (QED) is 0.290. The van der Waals surface area contributed by atoms with Crippen molar-refractivity contribution in [3.05, 3.63) is 71.0 Å². The first-order valence-electron chi connectivity index (χ1n) is 10.8. The molecule has 9 heteroatoms. The highest BCUT2D eigenvalue weighted by Crippen LogP contribution is 2.41. The van der Waals surface area contributed by atoms with Crippen LogP contribution in [0, 0.1) is 5.82 Å². The zero-order valence-electron chi connectivity index (χ0n) is 19.2. The number of urea groups is 1. The Bertz CT molecular complexity index is 1500. The summed E-state index contributed by atoms with van der Waals surface area (Å²) in [6.45, 7) is 3.93. The first-order valence-corrected chi connectivity index (χ1v) is 11.2. The summed E-state index contributed by atoms with van der Waals surface area (Å²) in [5.74, 6) is 1.24. The zero-order chi connectivity index (χ0) is 24.7. The van der Waals surface area contributed by atoms with Crippen molar-refractivity contribution < 1.29 is 18.7 Å². The van der Waals surface area contributed by atoms with Gasteiger partial charge in [-0.2, -0.15) is 0 Å². The topological polar surface area (TPSA) is 88.3 Å². The molecule has 7 nitrogen and oxygen atoms in total. The van der Waals surface area contributed by atoms with Crippen molar-refractivity contribution in [1.29, 1.82) is 0 Å². The van der Waals surface area contributed by atoms with Crippen LogP contribution < -0.4 is 20.1 Å². The van der Waals surface area contributed by atoms with Crippen LogP contribution in [0.3, 0.4) is 0 Å². The van der Waals surface area contributed by atoms with Gasteiger partial charge in [0.05, 0.1) is 34.4 Å². The smallest absolute Gasteiger partial charge is 0.323 e. The van der Waals surface area contributed by atoms with E-state index in [1.807, 2.05) is 26.0 Å². The van der Waals surface area contributed by atoms with Gasteiger partial charge in [-0.25, -0.2) is 14.2 Å². The number of carbonyl (C=O) groups excluding carboxylic acids is 1. The molecular weight excluding hydrogens is 471 g/mol. The molecule has 0 saturated carbocycles. The van der Waals surface area contributed by atoms with Gasteiger partial charge in [0.1, 0.15) is 23.0 Å². The van der Waals surface area contributed by atoms with Crippen LogP contribution in [0.2, 0.25) is 5.02 Å². The third-order valence-corrected chi connectivity index (χ3v) is 5.86. The number of halogens is 2. The maximum absolute atomic E-state index is 13.5.